The Bertz CT molecular complexity index is 825. The number of nitrogens with zero attached hydrogens (tertiary/aromatic N) is 2. The zero-order valence-corrected chi connectivity index (χ0v) is 13.9. The first-order valence-electron chi connectivity index (χ1n) is 8.03. The first kappa shape index (κ1) is 16.1. The molecule has 0 unspecified atom stereocenters. The molecule has 5 heteroatoms. The van der Waals surface area contributed by atoms with Crippen molar-refractivity contribution < 1.29 is 9.53 Å². The third kappa shape index (κ3) is 3.56. The first-order chi connectivity index (χ1) is 11.6. The number of carbonyl (C=O) groups excluding carboxylic acids is 1. The van der Waals surface area contributed by atoms with Gasteiger partial charge in [0.2, 0.25) is 0 Å². The Morgan fingerprint density at radius 1 is 1.25 bits per heavy atom. The van der Waals surface area contributed by atoms with Gasteiger partial charge in [0.1, 0.15) is 5.75 Å². The zero-order chi connectivity index (χ0) is 16.9. The average Bonchev–Trinajstić information content (AvgIpc) is 3.04. The number of carbonyl (C=O) groups is 1. The Kier molecular flexibility index (Phi) is 4.79. The summed E-state index contributed by atoms with van der Waals surface area (Å²) in [5, 5.41) is 3.85. The van der Waals surface area contributed by atoms with Gasteiger partial charge in [-0.2, -0.15) is 0 Å². The van der Waals surface area contributed by atoms with Crippen molar-refractivity contribution in [2.45, 2.75) is 26.4 Å². The van der Waals surface area contributed by atoms with Crippen molar-refractivity contribution in [3.63, 3.8) is 0 Å². The number of ether oxygens (including phenoxy) is 1. The Labute approximate surface area is 141 Å². The quantitative estimate of drug-likeness (QED) is 0.757. The highest BCUT2D eigenvalue weighted by molar-refractivity contribution is 5.87. The van der Waals surface area contributed by atoms with Gasteiger partial charge in [-0.15, -0.1) is 0 Å². The maximum absolute atomic E-state index is 12.0. The van der Waals surface area contributed by atoms with Crippen LogP contribution in [0.2, 0.25) is 0 Å². The van der Waals surface area contributed by atoms with Gasteiger partial charge in [0.15, 0.2) is 6.61 Å². The summed E-state index contributed by atoms with van der Waals surface area (Å²) in [5.41, 5.74) is 2.07. The molecule has 0 bridgehead atoms. The van der Waals surface area contributed by atoms with Crippen LogP contribution >= 0.6 is 0 Å². The molecule has 24 heavy (non-hydrogen) atoms. The number of amides is 1. The van der Waals surface area contributed by atoms with Crippen LogP contribution in [0.5, 0.6) is 5.75 Å². The number of benzene rings is 1. The van der Waals surface area contributed by atoms with E-state index in [2.05, 4.69) is 34.8 Å². The third-order valence-electron chi connectivity index (χ3n) is 3.85. The standard InChI is InChI=1S/C19H21N3O2/c1-14(2)22-10-8-16-17(22)6-3-7-18(16)24-13-19(23)21-12-15-5-4-9-20-11-15/h3-11,14H,12-13H2,1-2H3,(H,21,23). The van der Waals surface area contributed by atoms with Crippen molar-refractivity contribution >= 4 is 16.8 Å². The van der Waals surface area contributed by atoms with E-state index in [1.165, 1.54) is 0 Å². The lowest BCUT2D eigenvalue weighted by atomic mass is 10.2. The summed E-state index contributed by atoms with van der Waals surface area (Å²) in [6, 6.07) is 12.1. The minimum absolute atomic E-state index is 0.00770. The number of nitrogens with one attached hydrogen (secondary N) is 1. The highest BCUT2D eigenvalue weighted by atomic mass is 16.5. The SMILES string of the molecule is CC(C)n1ccc2c(OCC(=O)NCc3cccnc3)cccc21. The zero-order valence-electron chi connectivity index (χ0n) is 13.9. The van der Waals surface area contributed by atoms with Crippen LogP contribution in [0.25, 0.3) is 10.9 Å². The van der Waals surface area contributed by atoms with E-state index < -0.39 is 0 Å². The molecule has 0 spiro atoms. The highest BCUT2D eigenvalue weighted by Crippen LogP contribution is 2.28. The maximum Gasteiger partial charge on any atom is 0.258 e. The predicted octanol–water partition coefficient (Wildman–Crippen LogP) is 3.31. The highest BCUT2D eigenvalue weighted by Gasteiger charge is 2.10. The van der Waals surface area contributed by atoms with E-state index in [1.807, 2.05) is 36.5 Å². The van der Waals surface area contributed by atoms with E-state index in [0.29, 0.717) is 12.6 Å². The van der Waals surface area contributed by atoms with Gasteiger partial charge >= 0.3 is 0 Å². The average molecular weight is 323 g/mol. The fraction of sp³-hybridized carbons (Fsp3) is 0.263. The number of hydrogen-bond acceptors (Lipinski definition) is 3. The monoisotopic (exact) mass is 323 g/mol. The Morgan fingerprint density at radius 3 is 2.88 bits per heavy atom. The van der Waals surface area contributed by atoms with Crippen LogP contribution in [0, 0.1) is 0 Å². The lowest BCUT2D eigenvalue weighted by molar-refractivity contribution is -0.123. The molecule has 124 valence electrons. The Morgan fingerprint density at radius 2 is 2.12 bits per heavy atom. The molecule has 0 fully saturated rings. The molecule has 1 N–H and O–H groups in total. The summed E-state index contributed by atoms with van der Waals surface area (Å²) < 4.78 is 7.91. The molecule has 0 saturated heterocycles. The molecule has 0 aliphatic heterocycles. The minimum Gasteiger partial charge on any atom is -0.483 e. The summed E-state index contributed by atoms with van der Waals surface area (Å²) in [6.45, 7) is 4.72. The van der Waals surface area contributed by atoms with Gasteiger partial charge in [-0.25, -0.2) is 0 Å². The molecular weight excluding hydrogens is 302 g/mol. The van der Waals surface area contributed by atoms with Gasteiger partial charge in [0.25, 0.3) is 5.91 Å². The second-order valence-electron chi connectivity index (χ2n) is 5.93. The van der Waals surface area contributed by atoms with E-state index in [4.69, 9.17) is 4.74 Å². The minimum atomic E-state index is -0.154. The van der Waals surface area contributed by atoms with E-state index in [0.717, 1.165) is 22.2 Å². The summed E-state index contributed by atoms with van der Waals surface area (Å²) >= 11 is 0. The molecule has 2 aromatic heterocycles. The molecule has 1 aromatic carbocycles. The molecule has 2 heterocycles. The molecule has 0 atom stereocenters. The van der Waals surface area contributed by atoms with Crippen LogP contribution in [0.15, 0.2) is 55.0 Å². The largest absolute Gasteiger partial charge is 0.483 e. The van der Waals surface area contributed by atoms with Crippen LogP contribution in [0.4, 0.5) is 0 Å². The molecule has 3 aromatic rings. The number of pyridine rings is 1. The van der Waals surface area contributed by atoms with Crippen LogP contribution in [-0.4, -0.2) is 22.1 Å². The normalized spacial score (nSPS) is 11.0. The van der Waals surface area contributed by atoms with Crippen molar-refractivity contribution in [1.82, 2.24) is 14.9 Å². The second-order valence-corrected chi connectivity index (χ2v) is 5.93. The smallest absolute Gasteiger partial charge is 0.258 e. The van der Waals surface area contributed by atoms with E-state index in [-0.39, 0.29) is 12.5 Å². The Hall–Kier alpha value is -2.82. The van der Waals surface area contributed by atoms with Gasteiger partial charge in [-0.1, -0.05) is 12.1 Å². The lowest BCUT2D eigenvalue weighted by Gasteiger charge is -2.11. The van der Waals surface area contributed by atoms with Crippen molar-refractivity contribution in [2.24, 2.45) is 0 Å². The van der Waals surface area contributed by atoms with Gasteiger partial charge < -0.3 is 14.6 Å². The summed E-state index contributed by atoms with van der Waals surface area (Å²) in [5.74, 6) is 0.572. The lowest BCUT2D eigenvalue weighted by Crippen LogP contribution is -2.28. The molecule has 0 aliphatic carbocycles. The second kappa shape index (κ2) is 7.17. The van der Waals surface area contributed by atoms with E-state index in [1.54, 1.807) is 12.4 Å². The van der Waals surface area contributed by atoms with E-state index >= 15 is 0 Å². The number of rotatable bonds is 6. The van der Waals surface area contributed by atoms with Crippen molar-refractivity contribution in [2.75, 3.05) is 6.61 Å². The van der Waals surface area contributed by atoms with E-state index in [9.17, 15) is 4.79 Å². The van der Waals surface area contributed by atoms with Crippen LogP contribution < -0.4 is 10.1 Å². The topological polar surface area (TPSA) is 56.1 Å². The van der Waals surface area contributed by atoms with Gasteiger partial charge in [-0.3, -0.25) is 9.78 Å². The number of hydrogen-bond donors (Lipinski definition) is 1. The number of aromatic nitrogens is 2. The molecule has 0 aliphatic rings. The molecule has 0 radical (unpaired) electrons. The summed E-state index contributed by atoms with van der Waals surface area (Å²) in [7, 11) is 0. The van der Waals surface area contributed by atoms with Crippen molar-refractivity contribution in [1.29, 1.82) is 0 Å². The fourth-order valence-electron chi connectivity index (χ4n) is 2.63. The van der Waals surface area contributed by atoms with Crippen molar-refractivity contribution in [3.8, 4) is 5.75 Å². The maximum atomic E-state index is 12.0. The van der Waals surface area contributed by atoms with Crippen LogP contribution in [0.3, 0.4) is 0 Å². The Balaban J connectivity index is 1.62. The molecule has 1 amide bonds. The number of fused-ring (bicyclic) bond motifs is 1. The van der Waals surface area contributed by atoms with Gasteiger partial charge in [0.05, 0.1) is 5.52 Å². The predicted molar refractivity (Wildman–Crippen MR) is 93.9 cm³/mol. The summed E-state index contributed by atoms with van der Waals surface area (Å²) in [4.78, 5) is 16.0. The molecular formula is C19H21N3O2. The molecule has 0 saturated carbocycles. The van der Waals surface area contributed by atoms with Gasteiger partial charge in [-0.05, 0) is 43.7 Å². The third-order valence-corrected chi connectivity index (χ3v) is 3.85. The molecule has 3 rings (SSSR count). The fourth-order valence-corrected chi connectivity index (χ4v) is 2.63. The first-order valence-corrected chi connectivity index (χ1v) is 8.03. The van der Waals surface area contributed by atoms with Crippen molar-refractivity contribution in [3.05, 3.63) is 60.6 Å². The molecule has 5 nitrogen and oxygen atoms in total. The van der Waals surface area contributed by atoms with Gasteiger partial charge in [0, 0.05) is 36.6 Å². The van der Waals surface area contributed by atoms with Crippen LogP contribution in [-0.2, 0) is 11.3 Å². The summed E-state index contributed by atoms with van der Waals surface area (Å²) in [6.07, 6.45) is 5.49. The van der Waals surface area contributed by atoms with Crippen LogP contribution in [0.1, 0.15) is 25.5 Å².